The topological polar surface area (TPSA) is 85.8 Å². The number of benzene rings is 2. The second kappa shape index (κ2) is 6.42. The number of aryl methyl sites for hydroxylation is 1. The normalized spacial score (nSPS) is 11.1. The molecule has 3 rings (SSSR count). The lowest BCUT2D eigenvalue weighted by molar-refractivity contribution is 0.599. The molecule has 0 amide bonds. The molecule has 0 aliphatic carbocycles. The summed E-state index contributed by atoms with van der Waals surface area (Å²) in [6, 6.07) is 12.8. The number of aromatic amines is 1. The van der Waals surface area contributed by atoms with E-state index in [0.29, 0.717) is 5.56 Å². The number of nitrogens with zero attached hydrogens (tertiary/aromatic N) is 1. The summed E-state index contributed by atoms with van der Waals surface area (Å²) in [4.78, 5) is 2.80. The molecule has 0 saturated carbocycles. The van der Waals surface area contributed by atoms with Gasteiger partial charge in [-0.05, 0) is 30.7 Å². The number of H-pyrrole nitrogens is 1. The van der Waals surface area contributed by atoms with Gasteiger partial charge in [-0.25, -0.2) is 12.8 Å². The number of hydrogen-bond acceptors (Lipinski definition) is 3. The molecule has 0 fully saturated rings. The van der Waals surface area contributed by atoms with E-state index < -0.39 is 15.8 Å². The van der Waals surface area contributed by atoms with Gasteiger partial charge in [-0.1, -0.05) is 29.8 Å². The van der Waals surface area contributed by atoms with Crippen LogP contribution in [-0.2, 0) is 10.0 Å². The Morgan fingerprint density at radius 3 is 2.64 bits per heavy atom. The van der Waals surface area contributed by atoms with Crippen molar-refractivity contribution in [2.75, 3.05) is 4.72 Å². The zero-order valence-electron chi connectivity index (χ0n) is 13.2. The fraction of sp³-hybridized carbons (Fsp3) is 0.0556. The highest BCUT2D eigenvalue weighted by Crippen LogP contribution is 2.29. The SMILES string of the molecule is Cc1cccc(-c2c[nH]cc2S(=O)(=O)Nc2ccc(C#N)cc2F)c1. The molecule has 25 heavy (non-hydrogen) atoms. The van der Waals surface area contributed by atoms with Gasteiger partial charge in [0.25, 0.3) is 10.0 Å². The van der Waals surface area contributed by atoms with E-state index in [9.17, 15) is 12.8 Å². The van der Waals surface area contributed by atoms with Gasteiger partial charge in [-0.3, -0.25) is 4.72 Å². The first-order valence-corrected chi connectivity index (χ1v) is 8.85. The van der Waals surface area contributed by atoms with Gasteiger partial charge in [0.15, 0.2) is 0 Å². The standard InChI is InChI=1S/C18H14FN3O2S/c1-12-3-2-4-14(7-12)15-10-21-11-18(15)25(23,24)22-17-6-5-13(9-20)8-16(17)19/h2-8,10-11,21-22H,1H3. The predicted molar refractivity (Wildman–Crippen MR) is 92.9 cm³/mol. The molecule has 7 heteroatoms. The molecule has 2 aromatic carbocycles. The summed E-state index contributed by atoms with van der Waals surface area (Å²) in [6.45, 7) is 1.91. The second-order valence-electron chi connectivity index (χ2n) is 5.51. The first-order valence-electron chi connectivity index (χ1n) is 7.37. The maximum absolute atomic E-state index is 14.0. The highest BCUT2D eigenvalue weighted by Gasteiger charge is 2.22. The van der Waals surface area contributed by atoms with Gasteiger partial charge in [0.2, 0.25) is 0 Å². The Kier molecular flexibility index (Phi) is 4.30. The molecular formula is C18H14FN3O2S. The van der Waals surface area contributed by atoms with Gasteiger partial charge < -0.3 is 4.98 Å². The predicted octanol–water partition coefficient (Wildman–Crippen LogP) is 3.80. The number of hydrogen-bond donors (Lipinski definition) is 2. The average Bonchev–Trinajstić information content (AvgIpc) is 3.07. The van der Waals surface area contributed by atoms with Crippen LogP contribution in [0.15, 0.2) is 59.8 Å². The van der Waals surface area contributed by atoms with Crippen LogP contribution in [0, 0.1) is 24.1 Å². The number of nitriles is 1. The van der Waals surface area contributed by atoms with E-state index in [1.54, 1.807) is 18.3 Å². The largest absolute Gasteiger partial charge is 0.366 e. The highest BCUT2D eigenvalue weighted by atomic mass is 32.2. The zero-order valence-corrected chi connectivity index (χ0v) is 14.1. The highest BCUT2D eigenvalue weighted by molar-refractivity contribution is 7.92. The first kappa shape index (κ1) is 16.7. The minimum absolute atomic E-state index is 0.0156. The molecule has 1 aromatic heterocycles. The summed E-state index contributed by atoms with van der Waals surface area (Å²) in [5.41, 5.74) is 2.12. The van der Waals surface area contributed by atoms with Crippen LogP contribution >= 0.6 is 0 Å². The molecule has 0 aliphatic heterocycles. The molecule has 3 aromatic rings. The molecule has 0 radical (unpaired) electrons. The van der Waals surface area contributed by atoms with Crippen LogP contribution in [0.3, 0.4) is 0 Å². The van der Waals surface area contributed by atoms with E-state index in [4.69, 9.17) is 5.26 Å². The number of sulfonamides is 1. The van der Waals surface area contributed by atoms with Crippen molar-refractivity contribution in [2.24, 2.45) is 0 Å². The monoisotopic (exact) mass is 355 g/mol. The number of aromatic nitrogens is 1. The van der Waals surface area contributed by atoms with Crippen molar-refractivity contribution in [1.29, 1.82) is 5.26 Å². The molecule has 0 atom stereocenters. The van der Waals surface area contributed by atoms with Gasteiger partial charge in [0, 0.05) is 18.0 Å². The minimum Gasteiger partial charge on any atom is -0.366 e. The summed E-state index contributed by atoms with van der Waals surface area (Å²) in [5.74, 6) is -0.810. The number of nitrogens with one attached hydrogen (secondary N) is 2. The Bertz CT molecular complexity index is 1080. The molecule has 1 heterocycles. The van der Waals surface area contributed by atoms with E-state index in [1.165, 1.54) is 18.3 Å². The summed E-state index contributed by atoms with van der Waals surface area (Å²) < 4.78 is 41.6. The molecule has 0 spiro atoms. The van der Waals surface area contributed by atoms with E-state index in [1.807, 2.05) is 25.1 Å². The van der Waals surface area contributed by atoms with E-state index in [-0.39, 0.29) is 16.1 Å². The third-order valence-corrected chi connectivity index (χ3v) is 5.07. The van der Waals surface area contributed by atoms with Crippen molar-refractivity contribution in [3.05, 3.63) is 71.8 Å². The maximum atomic E-state index is 14.0. The van der Waals surface area contributed by atoms with Gasteiger partial charge in [0.1, 0.15) is 10.7 Å². The lowest BCUT2D eigenvalue weighted by Gasteiger charge is -2.10. The Hall–Kier alpha value is -3.11. The Morgan fingerprint density at radius 2 is 1.96 bits per heavy atom. The summed E-state index contributed by atoms with van der Waals surface area (Å²) in [7, 11) is -4.01. The summed E-state index contributed by atoms with van der Waals surface area (Å²) >= 11 is 0. The van der Waals surface area contributed by atoms with Gasteiger partial charge in [-0.15, -0.1) is 0 Å². The van der Waals surface area contributed by atoms with Gasteiger partial charge in [0.05, 0.1) is 17.3 Å². The number of halogens is 1. The smallest absolute Gasteiger partial charge is 0.264 e. The third kappa shape index (κ3) is 3.39. The molecule has 2 N–H and O–H groups in total. The Balaban J connectivity index is 2.00. The fourth-order valence-corrected chi connectivity index (χ4v) is 3.73. The van der Waals surface area contributed by atoms with Crippen molar-refractivity contribution < 1.29 is 12.8 Å². The van der Waals surface area contributed by atoms with Crippen LogP contribution in [0.4, 0.5) is 10.1 Å². The molecule has 0 aliphatic rings. The van der Waals surface area contributed by atoms with Crippen LogP contribution in [-0.4, -0.2) is 13.4 Å². The molecule has 126 valence electrons. The van der Waals surface area contributed by atoms with Crippen molar-refractivity contribution in [3.8, 4) is 17.2 Å². The molecule has 0 unspecified atom stereocenters. The first-order chi connectivity index (χ1) is 11.9. The molecule has 0 saturated heterocycles. The maximum Gasteiger partial charge on any atom is 0.264 e. The molecule has 5 nitrogen and oxygen atoms in total. The van der Waals surface area contributed by atoms with Crippen LogP contribution in [0.1, 0.15) is 11.1 Å². The average molecular weight is 355 g/mol. The van der Waals surface area contributed by atoms with Gasteiger partial charge >= 0.3 is 0 Å². The fourth-order valence-electron chi connectivity index (χ4n) is 2.48. The van der Waals surface area contributed by atoms with Crippen molar-refractivity contribution >= 4 is 15.7 Å². The van der Waals surface area contributed by atoms with Crippen molar-refractivity contribution in [2.45, 2.75) is 11.8 Å². The van der Waals surface area contributed by atoms with E-state index >= 15 is 0 Å². The van der Waals surface area contributed by atoms with Crippen molar-refractivity contribution in [3.63, 3.8) is 0 Å². The quantitative estimate of drug-likeness (QED) is 0.746. The van der Waals surface area contributed by atoms with Crippen LogP contribution < -0.4 is 4.72 Å². The van der Waals surface area contributed by atoms with Crippen LogP contribution in [0.25, 0.3) is 11.1 Å². The van der Waals surface area contributed by atoms with E-state index in [2.05, 4.69) is 9.71 Å². The van der Waals surface area contributed by atoms with Crippen LogP contribution in [0.5, 0.6) is 0 Å². The van der Waals surface area contributed by atoms with Crippen molar-refractivity contribution in [1.82, 2.24) is 4.98 Å². The molecule has 0 bridgehead atoms. The lowest BCUT2D eigenvalue weighted by Crippen LogP contribution is -2.14. The molecular weight excluding hydrogens is 341 g/mol. The Labute approximate surface area is 144 Å². The number of anilines is 1. The summed E-state index contributed by atoms with van der Waals surface area (Å²) in [6.07, 6.45) is 2.93. The second-order valence-corrected chi connectivity index (χ2v) is 7.17. The zero-order chi connectivity index (χ0) is 18.0. The van der Waals surface area contributed by atoms with Crippen LogP contribution in [0.2, 0.25) is 0 Å². The number of rotatable bonds is 4. The lowest BCUT2D eigenvalue weighted by atomic mass is 10.1. The Morgan fingerprint density at radius 1 is 1.16 bits per heavy atom. The van der Waals surface area contributed by atoms with E-state index in [0.717, 1.165) is 17.2 Å². The van der Waals surface area contributed by atoms with Gasteiger partial charge in [-0.2, -0.15) is 5.26 Å². The minimum atomic E-state index is -4.01. The third-order valence-electron chi connectivity index (χ3n) is 3.67. The summed E-state index contributed by atoms with van der Waals surface area (Å²) in [5, 5.41) is 8.76.